The van der Waals surface area contributed by atoms with Gasteiger partial charge in [0.25, 0.3) is 11.6 Å². The maximum absolute atomic E-state index is 12.6. The molecule has 7 heteroatoms. The minimum atomic E-state index is -0.254. The molecule has 3 aromatic heterocycles. The van der Waals surface area contributed by atoms with Gasteiger partial charge in [0.2, 0.25) is 0 Å². The number of nitrogens with zero attached hydrogens (tertiary/aromatic N) is 4. The molecule has 0 saturated carbocycles. The van der Waals surface area contributed by atoms with Crippen LogP contribution in [0.2, 0.25) is 0 Å². The third-order valence-electron chi connectivity index (χ3n) is 3.37. The smallest absolute Gasteiger partial charge is 0.258 e. The van der Waals surface area contributed by atoms with Gasteiger partial charge < -0.3 is 9.84 Å². The summed E-state index contributed by atoms with van der Waals surface area (Å²) in [5.41, 5.74) is 2.19. The summed E-state index contributed by atoms with van der Waals surface area (Å²) < 4.78 is 6.93. The van der Waals surface area contributed by atoms with E-state index in [0.29, 0.717) is 33.9 Å². The van der Waals surface area contributed by atoms with Crippen molar-refractivity contribution in [1.29, 1.82) is 0 Å². The van der Waals surface area contributed by atoms with Crippen LogP contribution in [0.4, 0.5) is 5.82 Å². The second-order valence-corrected chi connectivity index (χ2v) is 5.49. The van der Waals surface area contributed by atoms with E-state index < -0.39 is 0 Å². The number of carbonyl (C=O) groups excluding carboxylic acids is 1. The van der Waals surface area contributed by atoms with E-state index in [1.807, 2.05) is 27.0 Å². The molecule has 3 rings (SSSR count). The molecular weight excluding hydrogens is 282 g/mol. The van der Waals surface area contributed by atoms with Crippen molar-refractivity contribution in [3.8, 4) is 0 Å². The van der Waals surface area contributed by atoms with Crippen molar-refractivity contribution < 1.29 is 9.32 Å². The molecule has 114 valence electrons. The van der Waals surface area contributed by atoms with E-state index in [9.17, 15) is 4.79 Å². The molecule has 7 nitrogen and oxygen atoms in total. The number of carbonyl (C=O) groups is 1. The van der Waals surface area contributed by atoms with Crippen molar-refractivity contribution >= 4 is 22.8 Å². The standard InChI is InChI=1S/C15H17N5O2/c1-8(2)20-6-5-12(18-20)17-14(21)11-7-9(3)16-15-13(11)10(4)19-22-15/h5-8H,1-4H3,(H,17,18,21). The number of fused-ring (bicyclic) bond motifs is 1. The molecule has 0 aliphatic carbocycles. The average molecular weight is 299 g/mol. The van der Waals surface area contributed by atoms with Gasteiger partial charge in [-0.15, -0.1) is 0 Å². The number of aryl methyl sites for hydroxylation is 2. The van der Waals surface area contributed by atoms with Crippen LogP contribution in [0.15, 0.2) is 22.9 Å². The summed E-state index contributed by atoms with van der Waals surface area (Å²) in [5.74, 6) is 0.256. The fourth-order valence-corrected chi connectivity index (χ4v) is 2.27. The number of amides is 1. The summed E-state index contributed by atoms with van der Waals surface area (Å²) in [7, 11) is 0. The predicted octanol–water partition coefficient (Wildman–Crippen LogP) is 2.87. The number of anilines is 1. The van der Waals surface area contributed by atoms with Gasteiger partial charge in [0.1, 0.15) is 0 Å². The van der Waals surface area contributed by atoms with E-state index >= 15 is 0 Å². The van der Waals surface area contributed by atoms with E-state index in [1.165, 1.54) is 0 Å². The average Bonchev–Trinajstić information content (AvgIpc) is 3.05. The van der Waals surface area contributed by atoms with Gasteiger partial charge >= 0.3 is 0 Å². The minimum absolute atomic E-state index is 0.237. The molecule has 1 N–H and O–H groups in total. The fourth-order valence-electron chi connectivity index (χ4n) is 2.27. The zero-order valence-electron chi connectivity index (χ0n) is 12.9. The van der Waals surface area contributed by atoms with Crippen molar-refractivity contribution in [1.82, 2.24) is 19.9 Å². The Balaban J connectivity index is 1.96. The first-order valence-electron chi connectivity index (χ1n) is 7.06. The van der Waals surface area contributed by atoms with Crippen molar-refractivity contribution in [2.45, 2.75) is 33.7 Å². The second kappa shape index (κ2) is 5.25. The van der Waals surface area contributed by atoms with Gasteiger partial charge in [0.05, 0.1) is 16.6 Å². The molecule has 3 aromatic rings. The minimum Gasteiger partial charge on any atom is -0.336 e. The Hall–Kier alpha value is -2.70. The summed E-state index contributed by atoms with van der Waals surface area (Å²) >= 11 is 0. The van der Waals surface area contributed by atoms with Crippen LogP contribution in [0.25, 0.3) is 11.1 Å². The zero-order chi connectivity index (χ0) is 15.9. The first-order chi connectivity index (χ1) is 10.5. The van der Waals surface area contributed by atoms with Gasteiger partial charge in [-0.1, -0.05) is 5.16 Å². The number of hydrogen-bond acceptors (Lipinski definition) is 5. The number of pyridine rings is 1. The molecule has 0 spiro atoms. The zero-order valence-corrected chi connectivity index (χ0v) is 12.9. The Morgan fingerprint density at radius 3 is 2.82 bits per heavy atom. The predicted molar refractivity (Wildman–Crippen MR) is 81.8 cm³/mol. The number of hydrogen-bond donors (Lipinski definition) is 1. The molecule has 0 atom stereocenters. The summed E-state index contributed by atoms with van der Waals surface area (Å²) in [6, 6.07) is 3.73. The summed E-state index contributed by atoms with van der Waals surface area (Å²) in [6.07, 6.45) is 1.83. The van der Waals surface area contributed by atoms with Crippen LogP contribution in [0.1, 0.15) is 41.6 Å². The third-order valence-corrected chi connectivity index (χ3v) is 3.37. The molecule has 1 amide bonds. The Labute approximate surface area is 127 Å². The van der Waals surface area contributed by atoms with Crippen LogP contribution in [0, 0.1) is 13.8 Å². The van der Waals surface area contributed by atoms with Crippen molar-refractivity contribution in [2.75, 3.05) is 5.32 Å². The Morgan fingerprint density at radius 2 is 2.14 bits per heavy atom. The van der Waals surface area contributed by atoms with Gasteiger partial charge in [-0.25, -0.2) is 4.98 Å². The van der Waals surface area contributed by atoms with Gasteiger partial charge in [-0.05, 0) is 33.8 Å². The lowest BCUT2D eigenvalue weighted by Crippen LogP contribution is -2.14. The number of aromatic nitrogens is 4. The number of rotatable bonds is 3. The SMILES string of the molecule is Cc1cc(C(=O)Nc2ccn(C(C)C)n2)c2c(C)noc2n1. The quantitative estimate of drug-likeness (QED) is 0.803. The van der Waals surface area contributed by atoms with Crippen molar-refractivity contribution in [3.63, 3.8) is 0 Å². The molecule has 0 bridgehead atoms. The largest absolute Gasteiger partial charge is 0.336 e. The highest BCUT2D eigenvalue weighted by atomic mass is 16.5. The first kappa shape index (κ1) is 14.2. The molecule has 22 heavy (non-hydrogen) atoms. The maximum atomic E-state index is 12.6. The van der Waals surface area contributed by atoms with Crippen LogP contribution in [-0.2, 0) is 0 Å². The van der Waals surface area contributed by atoms with E-state index in [4.69, 9.17) is 4.52 Å². The second-order valence-electron chi connectivity index (χ2n) is 5.49. The number of nitrogens with one attached hydrogen (secondary N) is 1. The molecule has 0 saturated heterocycles. The molecule has 3 heterocycles. The Kier molecular flexibility index (Phi) is 3.40. The van der Waals surface area contributed by atoms with E-state index in [-0.39, 0.29) is 11.9 Å². The molecule has 0 aliphatic rings. The van der Waals surface area contributed by atoms with Crippen LogP contribution < -0.4 is 5.32 Å². The monoisotopic (exact) mass is 299 g/mol. The van der Waals surface area contributed by atoms with Crippen LogP contribution in [0.3, 0.4) is 0 Å². The summed E-state index contributed by atoms with van der Waals surface area (Å²) in [6.45, 7) is 7.64. The molecule has 0 radical (unpaired) electrons. The third kappa shape index (κ3) is 2.45. The fraction of sp³-hybridized carbons (Fsp3) is 0.333. The van der Waals surface area contributed by atoms with Crippen molar-refractivity contribution in [2.24, 2.45) is 0 Å². The van der Waals surface area contributed by atoms with E-state index in [0.717, 1.165) is 0 Å². The highest BCUT2D eigenvalue weighted by Crippen LogP contribution is 2.22. The highest BCUT2D eigenvalue weighted by Gasteiger charge is 2.18. The topological polar surface area (TPSA) is 85.8 Å². The molecule has 0 unspecified atom stereocenters. The van der Waals surface area contributed by atoms with Gasteiger partial charge in [-0.3, -0.25) is 9.48 Å². The summed E-state index contributed by atoms with van der Waals surface area (Å²) in [5, 5.41) is 11.6. The van der Waals surface area contributed by atoms with E-state index in [1.54, 1.807) is 23.7 Å². The van der Waals surface area contributed by atoms with Gasteiger partial charge in [0, 0.05) is 24.0 Å². The van der Waals surface area contributed by atoms with Gasteiger partial charge in [-0.2, -0.15) is 5.10 Å². The summed E-state index contributed by atoms with van der Waals surface area (Å²) in [4.78, 5) is 16.8. The van der Waals surface area contributed by atoms with Gasteiger partial charge in [0.15, 0.2) is 5.82 Å². The maximum Gasteiger partial charge on any atom is 0.258 e. The Bertz CT molecular complexity index is 847. The lowest BCUT2D eigenvalue weighted by Gasteiger charge is -2.06. The van der Waals surface area contributed by atoms with E-state index in [2.05, 4.69) is 20.6 Å². The molecule has 0 aliphatic heterocycles. The lowest BCUT2D eigenvalue weighted by molar-refractivity contribution is 0.102. The molecular formula is C15H17N5O2. The highest BCUT2D eigenvalue weighted by molar-refractivity contribution is 6.12. The van der Waals surface area contributed by atoms with Crippen LogP contribution >= 0.6 is 0 Å². The molecule has 0 fully saturated rings. The molecule has 0 aromatic carbocycles. The van der Waals surface area contributed by atoms with Crippen LogP contribution in [0.5, 0.6) is 0 Å². The lowest BCUT2D eigenvalue weighted by atomic mass is 10.1. The van der Waals surface area contributed by atoms with Crippen molar-refractivity contribution in [3.05, 3.63) is 35.3 Å². The normalized spacial score (nSPS) is 11.3. The van der Waals surface area contributed by atoms with Crippen LogP contribution in [-0.4, -0.2) is 25.8 Å². The first-order valence-corrected chi connectivity index (χ1v) is 7.06. The Morgan fingerprint density at radius 1 is 1.36 bits per heavy atom.